The average molecular weight is 543 g/mol. The van der Waals surface area contributed by atoms with Crippen molar-refractivity contribution in [2.24, 2.45) is 0 Å². The highest BCUT2D eigenvalue weighted by Crippen LogP contribution is 2.33. The minimum atomic E-state index is -3.90. The van der Waals surface area contributed by atoms with E-state index in [0.717, 1.165) is 21.7 Å². The monoisotopic (exact) mass is 541 g/mol. The summed E-state index contributed by atoms with van der Waals surface area (Å²) in [5, 5.41) is 3.12. The van der Waals surface area contributed by atoms with E-state index in [1.54, 1.807) is 6.07 Å². The van der Waals surface area contributed by atoms with Crippen LogP contribution in [0.25, 0.3) is 0 Å². The van der Waals surface area contributed by atoms with E-state index in [1.165, 1.54) is 17.0 Å². The molecular formula is C25H33Cl2N3O4S. The summed E-state index contributed by atoms with van der Waals surface area (Å²) < 4.78 is 26.3. The quantitative estimate of drug-likeness (QED) is 0.494. The first-order valence-corrected chi connectivity index (χ1v) is 13.8. The fourth-order valence-electron chi connectivity index (χ4n) is 3.66. The van der Waals surface area contributed by atoms with Crippen molar-refractivity contribution < 1.29 is 18.0 Å². The Hall–Kier alpha value is -2.29. The van der Waals surface area contributed by atoms with Crippen LogP contribution in [-0.2, 0) is 26.2 Å². The fourth-order valence-corrected chi connectivity index (χ4v) is 4.96. The molecule has 2 rings (SSSR count). The van der Waals surface area contributed by atoms with E-state index < -0.39 is 34.1 Å². The molecule has 2 amide bonds. The number of amides is 2. The van der Waals surface area contributed by atoms with E-state index in [9.17, 15) is 18.0 Å². The van der Waals surface area contributed by atoms with Gasteiger partial charge in [0.25, 0.3) is 0 Å². The Kier molecular flexibility index (Phi) is 9.62. The van der Waals surface area contributed by atoms with Crippen LogP contribution in [0.4, 0.5) is 5.69 Å². The van der Waals surface area contributed by atoms with Crippen LogP contribution in [0.15, 0.2) is 42.5 Å². The molecule has 1 unspecified atom stereocenters. The molecule has 1 N–H and O–H groups in total. The summed E-state index contributed by atoms with van der Waals surface area (Å²) in [6.45, 7) is 8.92. The summed E-state index contributed by atoms with van der Waals surface area (Å²) in [4.78, 5) is 28.3. The first kappa shape index (κ1) is 28.9. The second-order valence-electron chi connectivity index (χ2n) is 9.52. The summed E-state index contributed by atoms with van der Waals surface area (Å²) in [7, 11) is -3.90. The minimum absolute atomic E-state index is 0.0233. The van der Waals surface area contributed by atoms with E-state index in [4.69, 9.17) is 23.2 Å². The third-order valence-corrected chi connectivity index (χ3v) is 7.13. The maximum absolute atomic E-state index is 13.7. The lowest BCUT2D eigenvalue weighted by atomic mass is 10.0. The van der Waals surface area contributed by atoms with Crippen LogP contribution in [0, 0.1) is 6.92 Å². The second kappa shape index (κ2) is 11.6. The van der Waals surface area contributed by atoms with Gasteiger partial charge in [0, 0.05) is 12.1 Å². The molecule has 0 saturated heterocycles. The topological polar surface area (TPSA) is 86.8 Å². The van der Waals surface area contributed by atoms with E-state index in [0.29, 0.717) is 6.42 Å². The van der Waals surface area contributed by atoms with Crippen molar-refractivity contribution in [1.29, 1.82) is 0 Å². The molecule has 0 aliphatic rings. The van der Waals surface area contributed by atoms with Crippen molar-refractivity contribution in [2.45, 2.75) is 59.2 Å². The van der Waals surface area contributed by atoms with Crippen molar-refractivity contribution in [3.8, 4) is 0 Å². The number of hydrogen-bond acceptors (Lipinski definition) is 4. The molecule has 0 heterocycles. The maximum Gasteiger partial charge on any atom is 0.244 e. The van der Waals surface area contributed by atoms with Crippen LogP contribution < -0.4 is 9.62 Å². The molecule has 35 heavy (non-hydrogen) atoms. The summed E-state index contributed by atoms with van der Waals surface area (Å²) in [5.74, 6) is -0.850. The van der Waals surface area contributed by atoms with Gasteiger partial charge in [0.15, 0.2) is 0 Å². The zero-order valence-corrected chi connectivity index (χ0v) is 23.3. The molecule has 10 heteroatoms. The van der Waals surface area contributed by atoms with Crippen molar-refractivity contribution in [2.75, 3.05) is 17.1 Å². The molecule has 0 bridgehead atoms. The Balaban J connectivity index is 2.51. The number of halogens is 2. The second-order valence-corrected chi connectivity index (χ2v) is 12.2. The van der Waals surface area contributed by atoms with Crippen molar-refractivity contribution in [3.05, 3.63) is 63.6 Å². The van der Waals surface area contributed by atoms with E-state index in [2.05, 4.69) is 5.32 Å². The number of hydrogen-bond donors (Lipinski definition) is 1. The number of benzene rings is 2. The lowest BCUT2D eigenvalue weighted by Crippen LogP contribution is -2.55. The third kappa shape index (κ3) is 8.12. The Labute approximate surface area is 218 Å². The van der Waals surface area contributed by atoms with E-state index >= 15 is 0 Å². The van der Waals surface area contributed by atoms with Gasteiger partial charge in [-0.2, -0.15) is 0 Å². The zero-order valence-electron chi connectivity index (χ0n) is 20.9. The van der Waals surface area contributed by atoms with Gasteiger partial charge in [-0.25, -0.2) is 8.42 Å². The van der Waals surface area contributed by atoms with Crippen LogP contribution in [0.1, 0.15) is 45.2 Å². The number of carbonyl (C=O) groups is 2. The van der Waals surface area contributed by atoms with Crippen molar-refractivity contribution in [3.63, 3.8) is 0 Å². The standard InChI is InChI=1S/C25H33Cl2N3O4S/c1-7-20(24(32)28-25(3,4)5)29(15-18-11-8-10-17(2)14-18)22(31)16-30(35(6,33)34)21-13-9-12-19(26)23(21)27/h8-14,20H,7,15-16H2,1-6H3,(H,28,32). The van der Waals surface area contributed by atoms with Gasteiger partial charge >= 0.3 is 0 Å². The SMILES string of the molecule is CCC(C(=O)NC(C)(C)C)N(Cc1cccc(C)c1)C(=O)CN(c1cccc(Cl)c1Cl)S(C)(=O)=O. The summed E-state index contributed by atoms with van der Waals surface area (Å²) in [6.07, 6.45) is 1.34. The molecule has 0 aliphatic heterocycles. The lowest BCUT2D eigenvalue weighted by Gasteiger charge is -2.34. The number of nitrogens with one attached hydrogen (secondary N) is 1. The summed E-state index contributed by atoms with van der Waals surface area (Å²) >= 11 is 12.4. The van der Waals surface area contributed by atoms with Crippen LogP contribution in [0.3, 0.4) is 0 Å². The largest absolute Gasteiger partial charge is 0.350 e. The molecule has 2 aromatic carbocycles. The third-order valence-electron chi connectivity index (χ3n) is 5.20. The highest BCUT2D eigenvalue weighted by molar-refractivity contribution is 7.92. The number of carbonyl (C=O) groups excluding carboxylic acids is 2. The molecule has 2 aromatic rings. The smallest absolute Gasteiger partial charge is 0.244 e. The van der Waals surface area contributed by atoms with Gasteiger partial charge in [0.1, 0.15) is 12.6 Å². The van der Waals surface area contributed by atoms with Crippen LogP contribution in [0.5, 0.6) is 0 Å². The van der Waals surface area contributed by atoms with E-state index in [1.807, 2.05) is 58.9 Å². The Morgan fingerprint density at radius 3 is 2.26 bits per heavy atom. The first-order chi connectivity index (χ1) is 16.1. The van der Waals surface area contributed by atoms with Gasteiger partial charge in [-0.15, -0.1) is 0 Å². The average Bonchev–Trinajstić information content (AvgIpc) is 2.72. The normalized spacial score (nSPS) is 12.7. The van der Waals surface area contributed by atoms with Crippen LogP contribution >= 0.6 is 23.2 Å². The molecule has 7 nitrogen and oxygen atoms in total. The Bertz CT molecular complexity index is 1180. The van der Waals surface area contributed by atoms with Gasteiger partial charge in [-0.05, 0) is 51.8 Å². The molecule has 192 valence electrons. The van der Waals surface area contributed by atoms with E-state index in [-0.39, 0.29) is 28.2 Å². The first-order valence-electron chi connectivity index (χ1n) is 11.2. The Morgan fingerprint density at radius 1 is 1.09 bits per heavy atom. The van der Waals surface area contributed by atoms with Crippen molar-refractivity contribution in [1.82, 2.24) is 10.2 Å². The fraction of sp³-hybridized carbons (Fsp3) is 0.440. The predicted molar refractivity (Wildman–Crippen MR) is 142 cm³/mol. The van der Waals surface area contributed by atoms with Crippen LogP contribution in [0.2, 0.25) is 10.0 Å². The van der Waals surface area contributed by atoms with Gasteiger partial charge in [-0.3, -0.25) is 13.9 Å². The number of sulfonamides is 1. The Morgan fingerprint density at radius 2 is 1.71 bits per heavy atom. The molecular weight excluding hydrogens is 509 g/mol. The molecule has 0 aliphatic carbocycles. The number of nitrogens with zero attached hydrogens (tertiary/aromatic N) is 2. The summed E-state index contributed by atoms with van der Waals surface area (Å²) in [5.41, 5.74) is 1.42. The van der Waals surface area contributed by atoms with Crippen molar-refractivity contribution >= 4 is 50.7 Å². The predicted octanol–water partition coefficient (Wildman–Crippen LogP) is 4.79. The minimum Gasteiger partial charge on any atom is -0.350 e. The number of rotatable bonds is 9. The van der Waals surface area contributed by atoms with Gasteiger partial charge < -0.3 is 10.2 Å². The molecule has 0 spiro atoms. The molecule has 0 radical (unpaired) electrons. The van der Waals surface area contributed by atoms with Gasteiger partial charge in [0.2, 0.25) is 21.8 Å². The highest BCUT2D eigenvalue weighted by atomic mass is 35.5. The highest BCUT2D eigenvalue weighted by Gasteiger charge is 2.33. The number of aryl methyl sites for hydroxylation is 1. The maximum atomic E-state index is 13.7. The van der Waals surface area contributed by atoms with Gasteiger partial charge in [-0.1, -0.05) is 66.0 Å². The lowest BCUT2D eigenvalue weighted by molar-refractivity contribution is -0.141. The molecule has 1 atom stereocenters. The summed E-state index contributed by atoms with van der Waals surface area (Å²) in [6, 6.07) is 11.4. The molecule has 0 fully saturated rings. The van der Waals surface area contributed by atoms with Gasteiger partial charge in [0.05, 0.1) is 22.0 Å². The molecule has 0 saturated carbocycles. The zero-order chi connectivity index (χ0) is 26.6. The molecule has 0 aromatic heterocycles. The number of anilines is 1. The van der Waals surface area contributed by atoms with Crippen LogP contribution in [-0.4, -0.2) is 49.5 Å².